The first-order valence-corrected chi connectivity index (χ1v) is 10.4. The Kier molecular flexibility index (Phi) is 14.3. The molecule has 0 aliphatic carbocycles. The summed E-state index contributed by atoms with van der Waals surface area (Å²) in [6.07, 6.45) is 11.4. The zero-order valence-corrected chi connectivity index (χ0v) is 18.0. The third-order valence-corrected chi connectivity index (χ3v) is 3.91. The maximum atomic E-state index is 9.00. The first-order chi connectivity index (χ1) is 12.8. The van der Waals surface area contributed by atoms with Crippen LogP contribution in [-0.2, 0) is 4.79 Å². The Morgan fingerprint density at radius 2 is 1.22 bits per heavy atom. The number of rotatable bonds is 11. The predicted octanol–water partition coefficient (Wildman–Crippen LogP) is 3.86. The highest BCUT2D eigenvalue weighted by Crippen LogP contribution is 2.06. The Bertz CT molecular complexity index is 457. The smallest absolute Gasteiger partial charge is 0.300 e. The number of carboxylic acids is 1. The van der Waals surface area contributed by atoms with E-state index in [0.717, 1.165) is 44.8 Å². The van der Waals surface area contributed by atoms with Crippen molar-refractivity contribution in [1.29, 1.82) is 0 Å². The van der Waals surface area contributed by atoms with E-state index >= 15 is 0 Å². The summed E-state index contributed by atoms with van der Waals surface area (Å²) >= 11 is 0. The van der Waals surface area contributed by atoms with Crippen molar-refractivity contribution in [2.45, 2.75) is 98.1 Å². The fraction of sp³-hybridized carbons (Fsp3) is 0.850. The Labute approximate surface area is 165 Å². The van der Waals surface area contributed by atoms with Gasteiger partial charge in [0.2, 0.25) is 0 Å². The number of carboxylic acid groups (broad SMARTS) is 1. The molecule has 0 amide bonds. The minimum atomic E-state index is -0.833. The van der Waals surface area contributed by atoms with Crippen LogP contribution in [0.15, 0.2) is 9.98 Å². The van der Waals surface area contributed by atoms with Gasteiger partial charge in [-0.25, -0.2) is 0 Å². The van der Waals surface area contributed by atoms with Gasteiger partial charge < -0.3 is 15.7 Å². The van der Waals surface area contributed by atoms with Gasteiger partial charge in [-0.2, -0.15) is 0 Å². The van der Waals surface area contributed by atoms with Crippen molar-refractivity contribution in [3.63, 3.8) is 0 Å². The van der Waals surface area contributed by atoms with Gasteiger partial charge in [-0.3, -0.25) is 20.1 Å². The third-order valence-electron chi connectivity index (χ3n) is 3.91. The lowest BCUT2D eigenvalue weighted by Gasteiger charge is -2.36. The lowest BCUT2D eigenvalue weighted by atomic mass is 10.1. The van der Waals surface area contributed by atoms with Gasteiger partial charge in [0.15, 0.2) is 11.9 Å². The van der Waals surface area contributed by atoms with Crippen LogP contribution in [0.1, 0.15) is 92.4 Å². The maximum absolute atomic E-state index is 9.00. The summed E-state index contributed by atoms with van der Waals surface area (Å²) in [4.78, 5) is 18.3. The molecule has 7 nitrogen and oxygen atoms in total. The molecular formula is C20H41N5O2. The summed E-state index contributed by atoms with van der Waals surface area (Å²) in [6.45, 7) is 11.5. The van der Waals surface area contributed by atoms with Crippen molar-refractivity contribution in [2.75, 3.05) is 13.1 Å². The second-order valence-electron chi connectivity index (χ2n) is 7.45. The number of aliphatic carboxylic acids is 1. The van der Waals surface area contributed by atoms with E-state index in [1.54, 1.807) is 0 Å². The molecule has 0 saturated carbocycles. The average molecular weight is 384 g/mol. The summed E-state index contributed by atoms with van der Waals surface area (Å²) in [5.74, 6) is 0.850. The molecule has 0 aromatic heterocycles. The normalized spacial score (nSPS) is 18.1. The molecule has 7 heteroatoms. The van der Waals surface area contributed by atoms with Gasteiger partial charge in [-0.15, -0.1) is 0 Å². The molecule has 0 aromatic carbocycles. The van der Waals surface area contributed by atoms with Gasteiger partial charge in [-0.1, -0.05) is 58.8 Å². The minimum Gasteiger partial charge on any atom is -0.481 e. The number of guanidine groups is 2. The van der Waals surface area contributed by atoms with Crippen LogP contribution in [-0.4, -0.2) is 41.7 Å². The fourth-order valence-electron chi connectivity index (χ4n) is 2.59. The highest BCUT2D eigenvalue weighted by Gasteiger charge is 2.26. The molecule has 4 N–H and O–H groups in total. The van der Waals surface area contributed by atoms with Crippen LogP contribution >= 0.6 is 0 Å². The van der Waals surface area contributed by atoms with Crippen molar-refractivity contribution in [2.24, 2.45) is 9.98 Å². The van der Waals surface area contributed by atoms with Crippen LogP contribution in [0.25, 0.3) is 0 Å². The van der Waals surface area contributed by atoms with E-state index < -0.39 is 5.97 Å². The van der Waals surface area contributed by atoms with Crippen molar-refractivity contribution < 1.29 is 9.90 Å². The van der Waals surface area contributed by atoms with E-state index in [4.69, 9.17) is 9.90 Å². The second-order valence-corrected chi connectivity index (χ2v) is 7.45. The Balaban J connectivity index is 0.00000153. The molecule has 0 unspecified atom stereocenters. The quantitative estimate of drug-likeness (QED) is 0.406. The van der Waals surface area contributed by atoms with Crippen molar-refractivity contribution in [3.8, 4) is 0 Å². The van der Waals surface area contributed by atoms with E-state index in [0.29, 0.717) is 0 Å². The molecule has 1 rings (SSSR count). The van der Waals surface area contributed by atoms with Gasteiger partial charge in [-0.05, 0) is 26.7 Å². The lowest BCUT2D eigenvalue weighted by molar-refractivity contribution is -0.134. The van der Waals surface area contributed by atoms with E-state index in [9.17, 15) is 0 Å². The molecule has 158 valence electrons. The molecule has 27 heavy (non-hydrogen) atoms. The van der Waals surface area contributed by atoms with Gasteiger partial charge in [0.25, 0.3) is 5.97 Å². The first kappa shape index (κ1) is 25.2. The molecule has 0 aromatic rings. The number of unbranched alkanes of at least 4 members (excludes halogenated alkanes) is 7. The topological polar surface area (TPSA) is 98.1 Å². The van der Waals surface area contributed by atoms with Crippen LogP contribution in [0.5, 0.6) is 0 Å². The molecule has 1 heterocycles. The number of hydrogen-bond acceptors (Lipinski definition) is 3. The van der Waals surface area contributed by atoms with E-state index in [1.807, 2.05) is 0 Å². The Morgan fingerprint density at radius 3 is 1.70 bits per heavy atom. The fourth-order valence-corrected chi connectivity index (χ4v) is 2.59. The summed E-state index contributed by atoms with van der Waals surface area (Å²) in [5.41, 5.74) is -0.213. The minimum absolute atomic E-state index is 0.213. The maximum Gasteiger partial charge on any atom is 0.300 e. The summed E-state index contributed by atoms with van der Waals surface area (Å²) < 4.78 is 0. The van der Waals surface area contributed by atoms with E-state index in [-0.39, 0.29) is 5.66 Å². The molecule has 0 radical (unpaired) electrons. The third kappa shape index (κ3) is 16.1. The van der Waals surface area contributed by atoms with Crippen molar-refractivity contribution >= 4 is 17.9 Å². The van der Waals surface area contributed by atoms with Crippen LogP contribution in [0.3, 0.4) is 0 Å². The zero-order valence-electron chi connectivity index (χ0n) is 18.0. The van der Waals surface area contributed by atoms with Crippen molar-refractivity contribution in [1.82, 2.24) is 16.0 Å². The van der Waals surface area contributed by atoms with Gasteiger partial charge in [0.1, 0.15) is 5.66 Å². The first-order valence-electron chi connectivity index (χ1n) is 10.4. The molecule has 1 aliphatic heterocycles. The number of nitrogens with one attached hydrogen (secondary N) is 3. The Hall–Kier alpha value is -1.79. The highest BCUT2D eigenvalue weighted by molar-refractivity contribution is 6.01. The molecule has 1 aliphatic rings. The van der Waals surface area contributed by atoms with Gasteiger partial charge in [0.05, 0.1) is 0 Å². The lowest BCUT2D eigenvalue weighted by Crippen LogP contribution is -2.68. The molecule has 0 bridgehead atoms. The molecular weight excluding hydrogens is 342 g/mol. The summed E-state index contributed by atoms with van der Waals surface area (Å²) in [5, 5.41) is 17.4. The van der Waals surface area contributed by atoms with Crippen LogP contribution in [0.2, 0.25) is 0 Å². The van der Waals surface area contributed by atoms with Crippen LogP contribution in [0, 0.1) is 0 Å². The Morgan fingerprint density at radius 1 is 0.852 bits per heavy atom. The van der Waals surface area contributed by atoms with Gasteiger partial charge in [0, 0.05) is 20.0 Å². The van der Waals surface area contributed by atoms with E-state index in [1.165, 1.54) is 44.9 Å². The van der Waals surface area contributed by atoms with E-state index in [2.05, 4.69) is 53.6 Å². The standard InChI is InChI=1S/C18H37N5.C2H4O2/c1-5-7-9-10-11-13-15-20-17-21-16(19-14-12-8-6-2)22-18(3,4)23-17;1-2(3)4/h5-15H2,1-4H3,(H3,19,20,21,22,23);1H3,(H,3,4). The molecule has 0 atom stereocenters. The monoisotopic (exact) mass is 383 g/mol. The molecule has 1 saturated heterocycles. The second kappa shape index (κ2) is 15.3. The van der Waals surface area contributed by atoms with Crippen molar-refractivity contribution in [3.05, 3.63) is 0 Å². The molecule has 0 spiro atoms. The zero-order chi connectivity index (χ0) is 20.5. The number of hydrogen-bond donors (Lipinski definition) is 4. The molecule has 1 fully saturated rings. The summed E-state index contributed by atoms with van der Waals surface area (Å²) in [7, 11) is 0. The largest absolute Gasteiger partial charge is 0.481 e. The number of carbonyl (C=O) groups is 1. The van der Waals surface area contributed by atoms with Gasteiger partial charge >= 0.3 is 0 Å². The predicted molar refractivity (Wildman–Crippen MR) is 114 cm³/mol. The number of nitrogens with zero attached hydrogens (tertiary/aromatic N) is 2. The SMILES string of the molecule is CC(=O)O.CCCCCCCCN=C1NC(=NCCCCC)NC(C)(C)N1. The highest BCUT2D eigenvalue weighted by atomic mass is 16.4. The number of aliphatic imine (C=N–C) groups is 2. The van der Waals surface area contributed by atoms with Crippen LogP contribution < -0.4 is 16.0 Å². The summed E-state index contributed by atoms with van der Waals surface area (Å²) in [6, 6.07) is 0. The average Bonchev–Trinajstić information content (AvgIpc) is 2.56. The van der Waals surface area contributed by atoms with Crippen LogP contribution in [0.4, 0.5) is 0 Å².